The summed E-state index contributed by atoms with van der Waals surface area (Å²) in [5.41, 5.74) is -0.441. The third-order valence-corrected chi connectivity index (χ3v) is 3.74. The monoisotopic (exact) mass is 243 g/mol. The molecular formula is C13H25NO3. The van der Waals surface area contributed by atoms with Gasteiger partial charge in [0.25, 0.3) is 0 Å². The van der Waals surface area contributed by atoms with E-state index >= 15 is 0 Å². The molecule has 0 aromatic heterocycles. The topological polar surface area (TPSA) is 41.9 Å². The van der Waals surface area contributed by atoms with Crippen molar-refractivity contribution in [1.82, 2.24) is 4.90 Å². The molecule has 0 aromatic carbocycles. The van der Waals surface area contributed by atoms with Crippen molar-refractivity contribution in [2.24, 2.45) is 0 Å². The Morgan fingerprint density at radius 2 is 1.82 bits per heavy atom. The lowest BCUT2D eigenvalue weighted by Gasteiger charge is -2.30. The predicted molar refractivity (Wildman–Crippen MR) is 65.8 cm³/mol. The summed E-state index contributed by atoms with van der Waals surface area (Å²) in [6.07, 6.45) is 6.10. The van der Waals surface area contributed by atoms with Crippen molar-refractivity contribution in [3.63, 3.8) is 0 Å². The molecule has 0 atom stereocenters. The summed E-state index contributed by atoms with van der Waals surface area (Å²) in [5.74, 6) is 0. The van der Waals surface area contributed by atoms with E-state index in [2.05, 4.69) is 11.9 Å². The number of hydrogen-bond donors (Lipinski definition) is 1. The van der Waals surface area contributed by atoms with Gasteiger partial charge in [-0.1, -0.05) is 12.8 Å². The van der Waals surface area contributed by atoms with Crippen LogP contribution in [0.1, 0.15) is 38.5 Å². The van der Waals surface area contributed by atoms with Crippen LogP contribution < -0.4 is 0 Å². The van der Waals surface area contributed by atoms with Crippen molar-refractivity contribution in [3.05, 3.63) is 0 Å². The van der Waals surface area contributed by atoms with Crippen molar-refractivity contribution in [2.45, 2.75) is 50.4 Å². The average molecular weight is 243 g/mol. The third-order valence-electron chi connectivity index (χ3n) is 3.74. The fourth-order valence-electron chi connectivity index (χ4n) is 2.80. The molecule has 0 bridgehead atoms. The first kappa shape index (κ1) is 13.3. The van der Waals surface area contributed by atoms with E-state index in [1.54, 1.807) is 0 Å². The fourth-order valence-corrected chi connectivity index (χ4v) is 2.80. The fraction of sp³-hybridized carbons (Fsp3) is 1.00. The highest BCUT2D eigenvalue weighted by Gasteiger charge is 2.32. The van der Waals surface area contributed by atoms with E-state index < -0.39 is 5.60 Å². The molecule has 17 heavy (non-hydrogen) atoms. The Bertz CT molecular complexity index is 223. The third kappa shape index (κ3) is 4.21. The first-order valence-corrected chi connectivity index (χ1v) is 6.82. The Morgan fingerprint density at radius 3 is 2.47 bits per heavy atom. The second kappa shape index (κ2) is 6.14. The molecule has 1 saturated heterocycles. The molecule has 1 aliphatic carbocycles. The molecule has 1 saturated carbocycles. The van der Waals surface area contributed by atoms with Crippen molar-refractivity contribution >= 4 is 0 Å². The molecule has 0 spiro atoms. The highest BCUT2D eigenvalue weighted by Crippen LogP contribution is 2.29. The molecule has 2 rings (SSSR count). The summed E-state index contributed by atoms with van der Waals surface area (Å²) < 4.78 is 11.0. The van der Waals surface area contributed by atoms with Gasteiger partial charge in [-0.2, -0.15) is 0 Å². The summed E-state index contributed by atoms with van der Waals surface area (Å²) in [4.78, 5) is 2.20. The van der Waals surface area contributed by atoms with E-state index in [0.29, 0.717) is 0 Å². The SMILES string of the molecule is CN(CCC1OCCCO1)CC1(O)CCCC1. The lowest BCUT2D eigenvalue weighted by atomic mass is 10.0. The van der Waals surface area contributed by atoms with Gasteiger partial charge in [-0.15, -0.1) is 0 Å². The number of rotatable bonds is 5. The summed E-state index contributed by atoms with van der Waals surface area (Å²) in [7, 11) is 2.07. The number of likely N-dealkylation sites (N-methyl/N-ethyl adjacent to an activating group) is 1. The zero-order valence-corrected chi connectivity index (χ0v) is 10.9. The minimum atomic E-state index is -0.441. The average Bonchev–Trinajstić information content (AvgIpc) is 2.74. The number of hydrogen-bond acceptors (Lipinski definition) is 4. The molecule has 0 amide bonds. The molecule has 100 valence electrons. The van der Waals surface area contributed by atoms with Gasteiger partial charge in [0.05, 0.1) is 18.8 Å². The zero-order valence-electron chi connectivity index (χ0n) is 10.9. The Morgan fingerprint density at radius 1 is 1.18 bits per heavy atom. The molecular weight excluding hydrogens is 218 g/mol. The smallest absolute Gasteiger partial charge is 0.158 e. The molecule has 0 aromatic rings. The van der Waals surface area contributed by atoms with Crippen LogP contribution in [-0.4, -0.2) is 55.2 Å². The van der Waals surface area contributed by atoms with Gasteiger partial charge < -0.3 is 19.5 Å². The van der Waals surface area contributed by atoms with Gasteiger partial charge in [0.1, 0.15) is 0 Å². The maximum Gasteiger partial charge on any atom is 0.158 e. The van der Waals surface area contributed by atoms with Gasteiger partial charge in [-0.05, 0) is 26.3 Å². The molecule has 2 fully saturated rings. The molecule has 4 heteroatoms. The summed E-state index contributed by atoms with van der Waals surface area (Å²) >= 11 is 0. The van der Waals surface area contributed by atoms with Gasteiger partial charge in [-0.25, -0.2) is 0 Å². The van der Waals surface area contributed by atoms with E-state index in [9.17, 15) is 5.11 Å². The normalized spacial score (nSPS) is 25.6. The van der Waals surface area contributed by atoms with Gasteiger partial charge in [-0.3, -0.25) is 0 Å². The molecule has 1 aliphatic heterocycles. The van der Waals surface area contributed by atoms with Crippen LogP contribution in [0.5, 0.6) is 0 Å². The van der Waals surface area contributed by atoms with Crippen LogP contribution in [-0.2, 0) is 9.47 Å². The minimum absolute atomic E-state index is 0.0376. The second-order valence-corrected chi connectivity index (χ2v) is 5.48. The number of ether oxygens (including phenoxy) is 2. The van der Waals surface area contributed by atoms with E-state index in [4.69, 9.17) is 9.47 Å². The maximum atomic E-state index is 10.3. The zero-order chi connectivity index (χ0) is 12.1. The van der Waals surface area contributed by atoms with Crippen LogP contribution in [0.3, 0.4) is 0 Å². The summed E-state index contributed by atoms with van der Waals surface area (Å²) in [5, 5.41) is 10.3. The number of nitrogens with zero attached hydrogens (tertiary/aromatic N) is 1. The van der Waals surface area contributed by atoms with Crippen LogP contribution in [0.4, 0.5) is 0 Å². The van der Waals surface area contributed by atoms with Gasteiger partial charge in [0.2, 0.25) is 0 Å². The Hall–Kier alpha value is -0.160. The molecule has 2 aliphatic rings. The molecule has 0 radical (unpaired) electrons. The largest absolute Gasteiger partial charge is 0.389 e. The first-order chi connectivity index (χ1) is 8.18. The van der Waals surface area contributed by atoms with Crippen LogP contribution in [0, 0.1) is 0 Å². The van der Waals surface area contributed by atoms with Crippen molar-refractivity contribution < 1.29 is 14.6 Å². The standard InChI is InChI=1S/C13H25NO3/c1-14(11-13(15)6-2-3-7-13)8-5-12-16-9-4-10-17-12/h12,15H,2-11H2,1H3. The minimum Gasteiger partial charge on any atom is -0.389 e. The van der Waals surface area contributed by atoms with Crippen LogP contribution in [0.2, 0.25) is 0 Å². The lowest BCUT2D eigenvalue weighted by Crippen LogP contribution is -2.40. The molecule has 1 N–H and O–H groups in total. The van der Waals surface area contributed by atoms with E-state index in [1.165, 1.54) is 12.8 Å². The predicted octanol–water partition coefficient (Wildman–Crippen LogP) is 1.38. The Balaban J connectivity index is 1.64. The summed E-state index contributed by atoms with van der Waals surface area (Å²) in [6.45, 7) is 3.34. The van der Waals surface area contributed by atoms with Crippen LogP contribution in [0.15, 0.2) is 0 Å². The van der Waals surface area contributed by atoms with E-state index in [1.807, 2.05) is 0 Å². The van der Waals surface area contributed by atoms with Gasteiger partial charge >= 0.3 is 0 Å². The highest BCUT2D eigenvalue weighted by atomic mass is 16.7. The van der Waals surface area contributed by atoms with Crippen molar-refractivity contribution in [1.29, 1.82) is 0 Å². The maximum absolute atomic E-state index is 10.3. The van der Waals surface area contributed by atoms with Crippen LogP contribution >= 0.6 is 0 Å². The van der Waals surface area contributed by atoms with Crippen LogP contribution in [0.25, 0.3) is 0 Å². The second-order valence-electron chi connectivity index (χ2n) is 5.48. The Labute approximate surface area is 104 Å². The molecule has 4 nitrogen and oxygen atoms in total. The van der Waals surface area contributed by atoms with E-state index in [0.717, 1.165) is 52.0 Å². The van der Waals surface area contributed by atoms with Crippen molar-refractivity contribution in [3.8, 4) is 0 Å². The number of aliphatic hydroxyl groups is 1. The van der Waals surface area contributed by atoms with Gasteiger partial charge in [0.15, 0.2) is 6.29 Å². The quantitative estimate of drug-likeness (QED) is 0.792. The lowest BCUT2D eigenvalue weighted by molar-refractivity contribution is -0.182. The summed E-state index contributed by atoms with van der Waals surface area (Å²) in [6, 6.07) is 0. The van der Waals surface area contributed by atoms with E-state index in [-0.39, 0.29) is 6.29 Å². The van der Waals surface area contributed by atoms with Gasteiger partial charge in [0, 0.05) is 19.5 Å². The molecule has 1 heterocycles. The molecule has 0 unspecified atom stereocenters. The first-order valence-electron chi connectivity index (χ1n) is 6.82. The van der Waals surface area contributed by atoms with Crippen molar-refractivity contribution in [2.75, 3.05) is 33.4 Å². The highest BCUT2D eigenvalue weighted by molar-refractivity contribution is 4.86. The Kier molecular flexibility index (Phi) is 4.79.